The molecular formula is C16H18N2O4S. The molecule has 0 saturated carbocycles. The summed E-state index contributed by atoms with van der Waals surface area (Å²) >= 11 is 0. The molecule has 0 aromatic heterocycles. The molecule has 0 unspecified atom stereocenters. The standard InChI is InChI=1S/C16H18N2O4S/c1-2-6-12-14(19)10-9-13(15(12)23(17,21)22)18-16(20)11-7-4-3-5-8-11/h3-5,7-10,19H,2,6H2,1H3,(H,18,20)(H2,17,21,22). The number of rotatable bonds is 5. The van der Waals surface area contributed by atoms with Crippen molar-refractivity contribution < 1.29 is 18.3 Å². The lowest BCUT2D eigenvalue weighted by Gasteiger charge is -2.15. The summed E-state index contributed by atoms with van der Waals surface area (Å²) in [6.45, 7) is 1.85. The van der Waals surface area contributed by atoms with Gasteiger partial charge in [0.05, 0.1) is 5.69 Å². The van der Waals surface area contributed by atoms with Crippen LogP contribution in [0.3, 0.4) is 0 Å². The number of benzene rings is 2. The van der Waals surface area contributed by atoms with E-state index >= 15 is 0 Å². The van der Waals surface area contributed by atoms with Crippen molar-refractivity contribution in [2.24, 2.45) is 5.14 Å². The smallest absolute Gasteiger partial charge is 0.255 e. The Hall–Kier alpha value is -2.38. The van der Waals surface area contributed by atoms with Gasteiger partial charge in [0.15, 0.2) is 0 Å². The molecule has 23 heavy (non-hydrogen) atoms. The number of anilines is 1. The normalized spacial score (nSPS) is 11.2. The molecule has 7 heteroatoms. The van der Waals surface area contributed by atoms with Gasteiger partial charge in [-0.3, -0.25) is 4.79 Å². The number of nitrogens with two attached hydrogens (primary N) is 1. The summed E-state index contributed by atoms with van der Waals surface area (Å²) < 4.78 is 23.9. The molecular weight excluding hydrogens is 316 g/mol. The van der Waals surface area contributed by atoms with E-state index in [4.69, 9.17) is 5.14 Å². The van der Waals surface area contributed by atoms with Crippen LogP contribution in [0.25, 0.3) is 0 Å². The number of phenolic OH excluding ortho intramolecular Hbond substituents is 1. The molecule has 0 aliphatic heterocycles. The Morgan fingerprint density at radius 2 is 1.83 bits per heavy atom. The van der Waals surface area contributed by atoms with E-state index in [9.17, 15) is 18.3 Å². The van der Waals surface area contributed by atoms with Crippen LogP contribution in [0.5, 0.6) is 5.75 Å². The third kappa shape index (κ3) is 3.88. The molecule has 0 heterocycles. The highest BCUT2D eigenvalue weighted by atomic mass is 32.2. The van der Waals surface area contributed by atoms with Crippen LogP contribution in [-0.2, 0) is 16.4 Å². The number of amides is 1. The number of carbonyl (C=O) groups is 1. The zero-order chi connectivity index (χ0) is 17.0. The molecule has 4 N–H and O–H groups in total. The Morgan fingerprint density at radius 3 is 2.39 bits per heavy atom. The summed E-state index contributed by atoms with van der Waals surface area (Å²) in [5.74, 6) is -0.614. The van der Waals surface area contributed by atoms with E-state index in [1.807, 2.05) is 6.92 Å². The van der Waals surface area contributed by atoms with Gasteiger partial charge in [-0.1, -0.05) is 31.5 Å². The number of nitrogens with one attached hydrogen (secondary N) is 1. The number of carbonyl (C=O) groups excluding carboxylic acids is 1. The van der Waals surface area contributed by atoms with E-state index in [0.717, 1.165) is 0 Å². The minimum Gasteiger partial charge on any atom is -0.508 e. The predicted octanol–water partition coefficient (Wildman–Crippen LogP) is 2.24. The maximum atomic E-state index is 12.2. The quantitative estimate of drug-likeness (QED) is 0.728. The summed E-state index contributed by atoms with van der Waals surface area (Å²) in [6, 6.07) is 11.1. The van der Waals surface area contributed by atoms with Crippen molar-refractivity contribution in [2.45, 2.75) is 24.7 Å². The average molecular weight is 334 g/mol. The van der Waals surface area contributed by atoms with E-state index in [1.54, 1.807) is 30.3 Å². The van der Waals surface area contributed by atoms with Crippen molar-refractivity contribution in [3.8, 4) is 5.75 Å². The molecule has 6 nitrogen and oxygen atoms in total. The number of sulfonamides is 1. The number of hydrogen-bond donors (Lipinski definition) is 3. The molecule has 0 atom stereocenters. The third-order valence-corrected chi connectivity index (χ3v) is 4.34. The molecule has 0 aliphatic rings. The fourth-order valence-corrected chi connectivity index (χ4v) is 3.29. The second kappa shape index (κ2) is 6.80. The van der Waals surface area contributed by atoms with Gasteiger partial charge in [0.25, 0.3) is 5.91 Å². The zero-order valence-corrected chi connectivity index (χ0v) is 13.4. The maximum Gasteiger partial charge on any atom is 0.255 e. The molecule has 0 spiro atoms. The Bertz CT molecular complexity index is 817. The van der Waals surface area contributed by atoms with Gasteiger partial charge in [0, 0.05) is 11.1 Å². The average Bonchev–Trinajstić information content (AvgIpc) is 2.50. The lowest BCUT2D eigenvalue weighted by molar-refractivity contribution is 0.102. The Morgan fingerprint density at radius 1 is 1.17 bits per heavy atom. The summed E-state index contributed by atoms with van der Waals surface area (Å²) in [4.78, 5) is 12.0. The number of phenols is 1. The van der Waals surface area contributed by atoms with Gasteiger partial charge in [-0.2, -0.15) is 0 Å². The largest absolute Gasteiger partial charge is 0.508 e. The minimum atomic E-state index is -4.11. The first-order valence-corrected chi connectivity index (χ1v) is 8.63. The topological polar surface area (TPSA) is 109 Å². The summed E-state index contributed by atoms with van der Waals surface area (Å²) in [5, 5.41) is 17.8. The Kier molecular flexibility index (Phi) is 5.02. The van der Waals surface area contributed by atoms with Crippen molar-refractivity contribution >= 4 is 21.6 Å². The van der Waals surface area contributed by atoms with Crippen molar-refractivity contribution in [3.63, 3.8) is 0 Å². The molecule has 2 aromatic rings. The van der Waals surface area contributed by atoms with Crippen LogP contribution in [-0.4, -0.2) is 19.4 Å². The van der Waals surface area contributed by atoms with E-state index < -0.39 is 15.9 Å². The molecule has 0 radical (unpaired) electrons. The van der Waals surface area contributed by atoms with Crippen LogP contribution in [0.15, 0.2) is 47.4 Å². The van der Waals surface area contributed by atoms with E-state index in [1.165, 1.54) is 12.1 Å². The van der Waals surface area contributed by atoms with Crippen molar-refractivity contribution in [3.05, 3.63) is 53.6 Å². The Labute approximate surface area is 135 Å². The van der Waals surface area contributed by atoms with Crippen molar-refractivity contribution in [1.82, 2.24) is 0 Å². The number of primary sulfonamides is 1. The van der Waals surface area contributed by atoms with Gasteiger partial charge in [0.2, 0.25) is 10.0 Å². The Balaban J connectivity index is 2.50. The fraction of sp³-hybridized carbons (Fsp3) is 0.188. The van der Waals surface area contributed by atoms with Gasteiger partial charge in [0.1, 0.15) is 10.6 Å². The maximum absolute atomic E-state index is 12.2. The molecule has 2 aromatic carbocycles. The van der Waals surface area contributed by atoms with Crippen molar-refractivity contribution in [1.29, 1.82) is 0 Å². The van der Waals surface area contributed by atoms with Crippen LogP contribution >= 0.6 is 0 Å². The molecule has 0 bridgehead atoms. The second-order valence-corrected chi connectivity index (χ2v) is 6.55. The number of aromatic hydroxyl groups is 1. The van der Waals surface area contributed by atoms with Gasteiger partial charge in [-0.25, -0.2) is 13.6 Å². The lowest BCUT2D eigenvalue weighted by atomic mass is 10.1. The highest BCUT2D eigenvalue weighted by molar-refractivity contribution is 7.89. The van der Waals surface area contributed by atoms with Gasteiger partial charge >= 0.3 is 0 Å². The molecule has 0 aliphatic carbocycles. The molecule has 2 rings (SSSR count). The van der Waals surface area contributed by atoms with Crippen LogP contribution < -0.4 is 10.5 Å². The minimum absolute atomic E-state index is 0.0580. The van der Waals surface area contributed by atoms with Gasteiger partial charge < -0.3 is 10.4 Å². The lowest BCUT2D eigenvalue weighted by Crippen LogP contribution is -2.20. The van der Waals surface area contributed by atoms with Crippen molar-refractivity contribution in [2.75, 3.05) is 5.32 Å². The second-order valence-electron chi connectivity index (χ2n) is 5.06. The zero-order valence-electron chi connectivity index (χ0n) is 12.6. The molecule has 122 valence electrons. The van der Waals surface area contributed by atoms with Gasteiger partial charge in [-0.05, 0) is 30.7 Å². The van der Waals surface area contributed by atoms with Crippen LogP contribution in [0, 0.1) is 0 Å². The van der Waals surface area contributed by atoms with Crippen LogP contribution in [0.2, 0.25) is 0 Å². The van der Waals surface area contributed by atoms with E-state index in [2.05, 4.69) is 5.32 Å². The summed E-state index contributed by atoms with van der Waals surface area (Å²) in [5.41, 5.74) is 0.654. The molecule has 1 amide bonds. The number of hydrogen-bond acceptors (Lipinski definition) is 4. The summed E-state index contributed by atoms with van der Waals surface area (Å²) in [7, 11) is -4.11. The van der Waals surface area contributed by atoms with Crippen LogP contribution in [0.4, 0.5) is 5.69 Å². The predicted molar refractivity (Wildman–Crippen MR) is 87.9 cm³/mol. The van der Waals surface area contributed by atoms with E-state index in [-0.39, 0.29) is 21.9 Å². The summed E-state index contributed by atoms with van der Waals surface area (Å²) in [6.07, 6.45) is 0.943. The highest BCUT2D eigenvalue weighted by Gasteiger charge is 2.23. The SMILES string of the molecule is CCCc1c(O)ccc(NC(=O)c2ccccc2)c1S(N)(=O)=O. The molecule has 0 fully saturated rings. The van der Waals surface area contributed by atoms with E-state index in [0.29, 0.717) is 18.4 Å². The van der Waals surface area contributed by atoms with Crippen LogP contribution in [0.1, 0.15) is 29.3 Å². The first-order valence-electron chi connectivity index (χ1n) is 7.08. The first kappa shape index (κ1) is 17.0. The monoisotopic (exact) mass is 334 g/mol. The third-order valence-electron chi connectivity index (χ3n) is 3.30. The highest BCUT2D eigenvalue weighted by Crippen LogP contribution is 2.32. The molecule has 0 saturated heterocycles. The van der Waals surface area contributed by atoms with Gasteiger partial charge in [-0.15, -0.1) is 0 Å². The first-order chi connectivity index (χ1) is 10.8. The fourth-order valence-electron chi connectivity index (χ4n) is 2.32.